The highest BCUT2D eigenvalue weighted by Crippen LogP contribution is 2.32. The minimum Gasteiger partial charge on any atom is -0.352 e. The second-order valence-electron chi connectivity index (χ2n) is 6.04. The van der Waals surface area contributed by atoms with E-state index in [2.05, 4.69) is 23.2 Å². The van der Waals surface area contributed by atoms with Gasteiger partial charge >= 0.3 is 0 Å². The third-order valence-corrected chi connectivity index (χ3v) is 4.71. The molecule has 0 radical (unpaired) electrons. The Morgan fingerprint density at radius 1 is 1.00 bits per heavy atom. The van der Waals surface area contributed by atoms with Gasteiger partial charge in [-0.3, -0.25) is 9.36 Å². The zero-order valence-corrected chi connectivity index (χ0v) is 12.5. The summed E-state index contributed by atoms with van der Waals surface area (Å²) in [6, 6.07) is 15.9. The van der Waals surface area contributed by atoms with E-state index in [1.54, 1.807) is 0 Å². The first kappa shape index (κ1) is 12.6. The number of fused-ring (bicyclic) bond motifs is 6. The Balaban J connectivity index is 1.93. The number of rotatable bonds is 0. The Bertz CT molecular complexity index is 1120. The van der Waals surface area contributed by atoms with E-state index in [9.17, 15) is 4.79 Å². The Kier molecular flexibility index (Phi) is 2.50. The van der Waals surface area contributed by atoms with Crippen molar-refractivity contribution in [1.29, 1.82) is 0 Å². The molecule has 4 aromatic rings. The largest absolute Gasteiger partial charge is 0.352 e. The van der Waals surface area contributed by atoms with Crippen LogP contribution in [0.2, 0.25) is 0 Å². The standard InChI is InChI=1S/C19H15N3O/c23-19-14-7-2-4-10-16(14)21-18-17-13(8-5-11-22(18)19)12-6-1-3-9-15(12)20-17/h1-4,6-7,9-10,20H,5,8,11H2. The van der Waals surface area contributed by atoms with Crippen LogP contribution in [0.1, 0.15) is 12.0 Å². The van der Waals surface area contributed by atoms with Crippen molar-refractivity contribution in [3.63, 3.8) is 0 Å². The first-order valence-corrected chi connectivity index (χ1v) is 7.92. The van der Waals surface area contributed by atoms with Gasteiger partial charge in [-0.15, -0.1) is 0 Å². The molecule has 1 aliphatic rings. The molecule has 1 N–H and O–H groups in total. The number of hydrogen-bond acceptors (Lipinski definition) is 2. The van der Waals surface area contributed by atoms with E-state index in [1.807, 2.05) is 34.9 Å². The Labute approximate surface area is 132 Å². The van der Waals surface area contributed by atoms with Gasteiger partial charge < -0.3 is 4.98 Å². The van der Waals surface area contributed by atoms with Crippen molar-refractivity contribution in [3.8, 4) is 11.5 Å². The molecule has 0 aliphatic carbocycles. The van der Waals surface area contributed by atoms with Crippen LogP contribution in [-0.2, 0) is 13.0 Å². The number of aromatic amines is 1. The maximum Gasteiger partial charge on any atom is 0.261 e. The molecule has 2 aromatic heterocycles. The number of hydrogen-bond donors (Lipinski definition) is 1. The fourth-order valence-corrected chi connectivity index (χ4v) is 3.63. The molecule has 4 heteroatoms. The van der Waals surface area contributed by atoms with E-state index in [1.165, 1.54) is 10.9 Å². The van der Waals surface area contributed by atoms with Crippen LogP contribution < -0.4 is 5.56 Å². The lowest BCUT2D eigenvalue weighted by Gasteiger charge is -2.10. The fraction of sp³-hybridized carbons (Fsp3) is 0.158. The van der Waals surface area contributed by atoms with Gasteiger partial charge in [-0.25, -0.2) is 4.98 Å². The van der Waals surface area contributed by atoms with Crippen LogP contribution in [0, 0.1) is 0 Å². The smallest absolute Gasteiger partial charge is 0.261 e. The molecule has 0 atom stereocenters. The highest BCUT2D eigenvalue weighted by molar-refractivity contribution is 5.90. The predicted molar refractivity (Wildman–Crippen MR) is 91.6 cm³/mol. The van der Waals surface area contributed by atoms with Crippen molar-refractivity contribution < 1.29 is 0 Å². The summed E-state index contributed by atoms with van der Waals surface area (Å²) in [5, 5.41) is 1.93. The zero-order valence-electron chi connectivity index (χ0n) is 12.5. The first-order valence-electron chi connectivity index (χ1n) is 7.92. The van der Waals surface area contributed by atoms with Crippen LogP contribution in [0.4, 0.5) is 0 Å². The van der Waals surface area contributed by atoms with Crippen LogP contribution in [0.3, 0.4) is 0 Å². The summed E-state index contributed by atoms with van der Waals surface area (Å²) in [6.45, 7) is 0.711. The molecule has 0 saturated heterocycles. The van der Waals surface area contributed by atoms with Crippen molar-refractivity contribution in [2.24, 2.45) is 0 Å². The van der Waals surface area contributed by atoms with Gasteiger partial charge in [0.1, 0.15) is 0 Å². The van der Waals surface area contributed by atoms with Crippen molar-refractivity contribution in [1.82, 2.24) is 14.5 Å². The second kappa shape index (κ2) is 4.56. The Morgan fingerprint density at radius 2 is 1.78 bits per heavy atom. The minimum absolute atomic E-state index is 0.0529. The molecule has 3 heterocycles. The van der Waals surface area contributed by atoms with Crippen LogP contribution in [0.5, 0.6) is 0 Å². The summed E-state index contributed by atoms with van der Waals surface area (Å²) >= 11 is 0. The summed E-state index contributed by atoms with van der Waals surface area (Å²) in [7, 11) is 0. The van der Waals surface area contributed by atoms with Gasteiger partial charge in [-0.1, -0.05) is 30.3 Å². The van der Waals surface area contributed by atoms with Gasteiger partial charge in [0.15, 0.2) is 5.82 Å². The highest BCUT2D eigenvalue weighted by Gasteiger charge is 2.22. The van der Waals surface area contributed by atoms with E-state index in [4.69, 9.17) is 4.98 Å². The highest BCUT2D eigenvalue weighted by atomic mass is 16.1. The number of aryl methyl sites for hydroxylation is 1. The molecule has 4 nitrogen and oxygen atoms in total. The van der Waals surface area contributed by atoms with E-state index < -0.39 is 0 Å². The number of aromatic nitrogens is 3. The van der Waals surface area contributed by atoms with Gasteiger partial charge in [-0.05, 0) is 36.6 Å². The molecule has 0 fully saturated rings. The van der Waals surface area contributed by atoms with Gasteiger partial charge in [0, 0.05) is 17.4 Å². The summed E-state index contributed by atoms with van der Waals surface area (Å²) in [5.74, 6) is 0.761. The maximum atomic E-state index is 12.9. The lowest BCUT2D eigenvalue weighted by atomic mass is 10.1. The third kappa shape index (κ3) is 1.72. The predicted octanol–water partition coefficient (Wildman–Crippen LogP) is 3.49. The Hall–Kier alpha value is -2.88. The van der Waals surface area contributed by atoms with Gasteiger partial charge in [0.05, 0.1) is 16.6 Å². The second-order valence-corrected chi connectivity index (χ2v) is 6.04. The van der Waals surface area contributed by atoms with E-state index in [-0.39, 0.29) is 5.56 Å². The van der Waals surface area contributed by atoms with E-state index in [0.29, 0.717) is 11.9 Å². The van der Waals surface area contributed by atoms with Crippen LogP contribution in [-0.4, -0.2) is 14.5 Å². The van der Waals surface area contributed by atoms with E-state index >= 15 is 0 Å². The molecule has 0 amide bonds. The first-order chi connectivity index (χ1) is 11.3. The molecule has 0 unspecified atom stereocenters. The summed E-state index contributed by atoms with van der Waals surface area (Å²) in [5.41, 5.74) is 4.18. The molecule has 1 aliphatic heterocycles. The molecule has 23 heavy (non-hydrogen) atoms. The SMILES string of the molecule is O=c1c2ccccc2nc2n1CCCc1c-2[nH]c2ccccc12. The quantitative estimate of drug-likeness (QED) is 0.540. The van der Waals surface area contributed by atoms with Crippen LogP contribution >= 0.6 is 0 Å². The molecule has 0 bridgehead atoms. The number of nitrogens with one attached hydrogen (secondary N) is 1. The van der Waals surface area contributed by atoms with Crippen molar-refractivity contribution >= 4 is 21.8 Å². The van der Waals surface area contributed by atoms with Gasteiger partial charge in [-0.2, -0.15) is 0 Å². The molecule has 2 aromatic carbocycles. The topological polar surface area (TPSA) is 50.7 Å². The summed E-state index contributed by atoms with van der Waals surface area (Å²) in [6.07, 6.45) is 1.90. The maximum absolute atomic E-state index is 12.9. The van der Waals surface area contributed by atoms with Crippen molar-refractivity contribution in [3.05, 3.63) is 64.4 Å². The fourth-order valence-electron chi connectivity index (χ4n) is 3.63. The Morgan fingerprint density at radius 3 is 2.70 bits per heavy atom. The molecule has 112 valence electrons. The number of nitrogens with zero attached hydrogens (tertiary/aromatic N) is 2. The lowest BCUT2D eigenvalue weighted by Crippen LogP contribution is -2.23. The normalized spacial score (nSPS) is 13.7. The van der Waals surface area contributed by atoms with Crippen LogP contribution in [0.25, 0.3) is 33.3 Å². The lowest BCUT2D eigenvalue weighted by molar-refractivity contribution is 0.638. The van der Waals surface area contributed by atoms with Crippen molar-refractivity contribution in [2.75, 3.05) is 0 Å². The summed E-state index contributed by atoms with van der Waals surface area (Å²) < 4.78 is 1.82. The third-order valence-electron chi connectivity index (χ3n) is 4.71. The molecular formula is C19H15N3O. The van der Waals surface area contributed by atoms with Crippen molar-refractivity contribution in [2.45, 2.75) is 19.4 Å². The number of benzene rings is 2. The van der Waals surface area contributed by atoms with E-state index in [0.717, 1.165) is 35.4 Å². The average molecular weight is 301 g/mol. The average Bonchev–Trinajstić information content (AvgIpc) is 2.86. The molecular weight excluding hydrogens is 286 g/mol. The van der Waals surface area contributed by atoms with Crippen LogP contribution in [0.15, 0.2) is 53.3 Å². The monoisotopic (exact) mass is 301 g/mol. The number of H-pyrrole nitrogens is 1. The molecule has 0 saturated carbocycles. The van der Waals surface area contributed by atoms with Gasteiger partial charge in [0.25, 0.3) is 5.56 Å². The molecule has 0 spiro atoms. The van der Waals surface area contributed by atoms with Gasteiger partial charge in [0.2, 0.25) is 0 Å². The minimum atomic E-state index is 0.0529. The zero-order chi connectivity index (χ0) is 15.4. The summed E-state index contributed by atoms with van der Waals surface area (Å²) in [4.78, 5) is 21.1. The molecule has 5 rings (SSSR count). The number of para-hydroxylation sites is 2.